The van der Waals surface area contributed by atoms with Gasteiger partial charge in [0.25, 0.3) is 0 Å². The van der Waals surface area contributed by atoms with Gasteiger partial charge in [-0.2, -0.15) is 0 Å². The maximum absolute atomic E-state index is 10.6. The quantitative estimate of drug-likeness (QED) is 0.201. The predicted molar refractivity (Wildman–Crippen MR) is 124 cm³/mol. The second kappa shape index (κ2) is 21.9. The molecule has 0 saturated carbocycles. The zero-order chi connectivity index (χ0) is 20.7. The van der Waals surface area contributed by atoms with Crippen molar-refractivity contribution in [2.45, 2.75) is 65.2 Å². The van der Waals surface area contributed by atoms with E-state index in [-0.39, 0.29) is 0 Å². The molecule has 0 amide bonds. The third-order valence-electron chi connectivity index (χ3n) is 4.09. The summed E-state index contributed by atoms with van der Waals surface area (Å²) in [5.41, 5.74) is 0. The molecule has 3 nitrogen and oxygen atoms in total. The normalized spacial score (nSPS) is 15.4. The van der Waals surface area contributed by atoms with Gasteiger partial charge in [0.05, 0.1) is 6.61 Å². The van der Waals surface area contributed by atoms with Crippen LogP contribution in [0.25, 0.3) is 0 Å². The molecule has 0 radical (unpaired) electrons. The van der Waals surface area contributed by atoms with Crippen molar-refractivity contribution in [3.63, 3.8) is 0 Å². The van der Waals surface area contributed by atoms with Gasteiger partial charge in [-0.25, -0.2) is 0 Å². The molecular formula is C24H39O3P. The lowest BCUT2D eigenvalue weighted by Crippen LogP contribution is -2.04. The highest BCUT2D eigenvalue weighted by atomic mass is 31.1. The zero-order valence-electron chi connectivity index (χ0n) is 17.6. The van der Waals surface area contributed by atoms with E-state index in [1.807, 2.05) is 0 Å². The average molecular weight is 407 g/mol. The van der Waals surface area contributed by atoms with E-state index in [0.717, 1.165) is 51.4 Å². The van der Waals surface area contributed by atoms with Crippen LogP contribution in [0.3, 0.4) is 0 Å². The molecule has 0 aromatic rings. The standard InChI is InChI=1S/C24H39O3P/c1-3-5-6-7-8-9-10-11-12-13-14-15-16-17-18-19-20-21-22-24(4-2)23-27-28(25)26/h5-6,8-9,11-12,14-15,17-18,20-21,24,28H,3-4,7,10,13,16,19,22-23H2,1-2H3,(H,25,26)/b6-5-,9-8-,12-11-,15-14-,18-17-,21-20-. The van der Waals surface area contributed by atoms with Crippen molar-refractivity contribution in [1.29, 1.82) is 0 Å². The van der Waals surface area contributed by atoms with Crippen LogP contribution in [0.15, 0.2) is 72.9 Å². The van der Waals surface area contributed by atoms with Crippen LogP contribution >= 0.6 is 8.25 Å². The summed E-state index contributed by atoms with van der Waals surface area (Å²) in [6.45, 7) is 4.58. The number of hydrogen-bond donors (Lipinski definition) is 1. The van der Waals surface area contributed by atoms with Crippen molar-refractivity contribution in [3.05, 3.63) is 72.9 Å². The van der Waals surface area contributed by atoms with Crippen LogP contribution in [-0.4, -0.2) is 11.5 Å². The molecule has 0 saturated heterocycles. The molecule has 1 N–H and O–H groups in total. The summed E-state index contributed by atoms with van der Waals surface area (Å²) in [7, 11) is -2.80. The fraction of sp³-hybridized carbons (Fsp3) is 0.500. The smallest absolute Gasteiger partial charge is 0.316 e. The molecule has 0 heterocycles. The Labute approximate surface area is 173 Å². The van der Waals surface area contributed by atoms with Crippen molar-refractivity contribution >= 4 is 8.25 Å². The van der Waals surface area contributed by atoms with Crippen LogP contribution in [0.2, 0.25) is 0 Å². The number of hydrogen-bond acceptors (Lipinski definition) is 2. The Kier molecular flexibility index (Phi) is 20.8. The molecule has 2 atom stereocenters. The maximum atomic E-state index is 10.6. The summed E-state index contributed by atoms with van der Waals surface area (Å²) < 4.78 is 15.4. The lowest BCUT2D eigenvalue weighted by molar-refractivity contribution is 0.228. The molecule has 0 fully saturated rings. The molecule has 28 heavy (non-hydrogen) atoms. The monoisotopic (exact) mass is 406 g/mol. The maximum Gasteiger partial charge on any atom is 0.316 e. The van der Waals surface area contributed by atoms with Crippen LogP contribution < -0.4 is 0 Å². The summed E-state index contributed by atoms with van der Waals surface area (Å²) >= 11 is 0. The highest BCUT2D eigenvalue weighted by Gasteiger charge is 2.05. The lowest BCUT2D eigenvalue weighted by Gasteiger charge is -2.10. The first kappa shape index (κ1) is 26.6. The van der Waals surface area contributed by atoms with Crippen molar-refractivity contribution in [2.75, 3.05) is 6.61 Å². The largest absolute Gasteiger partial charge is 0.326 e. The second-order valence-electron chi connectivity index (χ2n) is 6.50. The fourth-order valence-electron chi connectivity index (χ4n) is 2.35. The molecular weight excluding hydrogens is 367 g/mol. The highest BCUT2D eigenvalue weighted by molar-refractivity contribution is 7.32. The SMILES string of the molecule is CC/C=C\C/C=C\C/C=C\C/C=C\C/C=C\C/C=C\CC(CC)CO[PH](=O)O. The van der Waals surface area contributed by atoms with Gasteiger partial charge in [0.15, 0.2) is 0 Å². The van der Waals surface area contributed by atoms with Gasteiger partial charge >= 0.3 is 8.25 Å². The molecule has 0 aliphatic rings. The van der Waals surface area contributed by atoms with Crippen LogP contribution in [-0.2, 0) is 9.09 Å². The van der Waals surface area contributed by atoms with Gasteiger partial charge < -0.3 is 9.42 Å². The second-order valence-corrected chi connectivity index (χ2v) is 7.32. The van der Waals surface area contributed by atoms with E-state index in [0.29, 0.717) is 12.5 Å². The summed E-state index contributed by atoms with van der Waals surface area (Å²) in [5, 5.41) is 0. The van der Waals surface area contributed by atoms with Gasteiger partial charge in [0.2, 0.25) is 0 Å². The summed E-state index contributed by atoms with van der Waals surface area (Å²) in [6.07, 6.45) is 34.1. The van der Waals surface area contributed by atoms with E-state index in [2.05, 4.69) is 86.8 Å². The van der Waals surface area contributed by atoms with E-state index in [1.54, 1.807) is 0 Å². The molecule has 0 aliphatic heterocycles. The van der Waals surface area contributed by atoms with Crippen LogP contribution in [0.5, 0.6) is 0 Å². The molecule has 158 valence electrons. The van der Waals surface area contributed by atoms with Gasteiger partial charge in [0.1, 0.15) is 0 Å². The van der Waals surface area contributed by atoms with E-state index < -0.39 is 8.25 Å². The van der Waals surface area contributed by atoms with Gasteiger partial charge in [-0.15, -0.1) is 0 Å². The Balaban J connectivity index is 3.68. The minimum Gasteiger partial charge on any atom is -0.326 e. The third-order valence-corrected chi connectivity index (χ3v) is 4.50. The predicted octanol–water partition coefficient (Wildman–Crippen LogP) is 7.50. The van der Waals surface area contributed by atoms with Crippen molar-refractivity contribution < 1.29 is 14.0 Å². The minimum absolute atomic E-state index is 0.311. The van der Waals surface area contributed by atoms with E-state index in [9.17, 15) is 4.57 Å². The van der Waals surface area contributed by atoms with Crippen LogP contribution in [0.4, 0.5) is 0 Å². The van der Waals surface area contributed by atoms with Gasteiger partial charge in [-0.3, -0.25) is 4.57 Å². The molecule has 0 bridgehead atoms. The van der Waals surface area contributed by atoms with Crippen LogP contribution in [0.1, 0.15) is 65.2 Å². The molecule has 0 rings (SSSR count). The Morgan fingerprint density at radius 3 is 1.46 bits per heavy atom. The topological polar surface area (TPSA) is 46.5 Å². The van der Waals surface area contributed by atoms with Gasteiger partial charge in [-0.1, -0.05) is 93.2 Å². The highest BCUT2D eigenvalue weighted by Crippen LogP contribution is 2.19. The van der Waals surface area contributed by atoms with E-state index in [1.165, 1.54) is 0 Å². The zero-order valence-corrected chi connectivity index (χ0v) is 18.6. The van der Waals surface area contributed by atoms with Crippen molar-refractivity contribution in [2.24, 2.45) is 5.92 Å². The van der Waals surface area contributed by atoms with Crippen molar-refractivity contribution in [1.82, 2.24) is 0 Å². The molecule has 2 unspecified atom stereocenters. The molecule has 4 heteroatoms. The molecule has 0 aromatic carbocycles. The summed E-state index contributed by atoms with van der Waals surface area (Å²) in [4.78, 5) is 8.71. The Bertz CT molecular complexity index is 542. The van der Waals surface area contributed by atoms with Crippen LogP contribution in [0, 0.1) is 5.92 Å². The van der Waals surface area contributed by atoms with Gasteiger partial charge in [0, 0.05) is 0 Å². The first-order valence-corrected chi connectivity index (χ1v) is 11.7. The number of allylic oxidation sites excluding steroid dienone is 12. The number of rotatable bonds is 17. The third kappa shape index (κ3) is 20.9. The minimum atomic E-state index is -2.80. The Morgan fingerprint density at radius 2 is 1.11 bits per heavy atom. The average Bonchev–Trinajstić information content (AvgIpc) is 2.69. The lowest BCUT2D eigenvalue weighted by atomic mass is 10.0. The first-order chi connectivity index (χ1) is 13.7. The first-order valence-electron chi connectivity index (χ1n) is 10.5. The molecule has 0 spiro atoms. The van der Waals surface area contributed by atoms with Crippen molar-refractivity contribution in [3.8, 4) is 0 Å². The fourth-order valence-corrected chi connectivity index (χ4v) is 2.73. The molecule has 0 aromatic heterocycles. The summed E-state index contributed by atoms with van der Waals surface area (Å²) in [6, 6.07) is 0. The Morgan fingerprint density at radius 1 is 0.714 bits per heavy atom. The summed E-state index contributed by atoms with van der Waals surface area (Å²) in [5.74, 6) is 0.311. The van der Waals surface area contributed by atoms with Gasteiger partial charge in [-0.05, 0) is 50.9 Å². The van der Waals surface area contributed by atoms with E-state index in [4.69, 9.17) is 9.42 Å². The van der Waals surface area contributed by atoms with E-state index >= 15 is 0 Å². The molecule has 0 aliphatic carbocycles. The Hall–Kier alpha value is -1.41.